The zero-order valence-corrected chi connectivity index (χ0v) is 16.0. The number of sulfonamides is 1. The first kappa shape index (κ1) is 20.4. The predicted octanol–water partition coefficient (Wildman–Crippen LogP) is 1.99. The second-order valence-electron chi connectivity index (χ2n) is 5.87. The third kappa shape index (κ3) is 5.81. The van der Waals surface area contributed by atoms with Gasteiger partial charge in [-0.2, -0.15) is 0 Å². The molecule has 0 radical (unpaired) electrons. The summed E-state index contributed by atoms with van der Waals surface area (Å²) in [6, 6.07) is 14.7. The molecular formula is C19H26N2O4S. The number of ether oxygens (including phenoxy) is 1. The summed E-state index contributed by atoms with van der Waals surface area (Å²) >= 11 is 0. The number of hydrogen-bond donors (Lipinski definition) is 2. The molecule has 0 spiro atoms. The monoisotopic (exact) mass is 378 g/mol. The number of hydrogen-bond acceptors (Lipinski definition) is 5. The van der Waals surface area contributed by atoms with Gasteiger partial charge >= 0.3 is 0 Å². The molecule has 0 fully saturated rings. The van der Waals surface area contributed by atoms with Gasteiger partial charge in [-0.3, -0.25) is 4.90 Å². The van der Waals surface area contributed by atoms with Gasteiger partial charge in [0.2, 0.25) is 10.0 Å². The Hall–Kier alpha value is -1.93. The van der Waals surface area contributed by atoms with Gasteiger partial charge in [-0.1, -0.05) is 24.3 Å². The molecule has 0 aliphatic heterocycles. The summed E-state index contributed by atoms with van der Waals surface area (Å²) in [4.78, 5) is 2.34. The summed E-state index contributed by atoms with van der Waals surface area (Å²) in [5.41, 5.74) is 2.08. The Morgan fingerprint density at radius 1 is 1.08 bits per heavy atom. The highest BCUT2D eigenvalue weighted by Gasteiger charge is 2.12. The Bertz CT molecular complexity index is 791. The molecule has 0 aromatic heterocycles. The minimum atomic E-state index is -3.43. The molecule has 0 unspecified atom stereocenters. The van der Waals surface area contributed by atoms with Crippen LogP contribution in [0.3, 0.4) is 0 Å². The molecule has 0 saturated heterocycles. The Labute approximate surface area is 155 Å². The SMILES string of the molecule is CCOc1cccc(CN(CCO)Cc2ccc(S(=O)(=O)NC)cc2)c1. The molecule has 0 bridgehead atoms. The molecule has 26 heavy (non-hydrogen) atoms. The van der Waals surface area contributed by atoms with Crippen molar-refractivity contribution in [1.82, 2.24) is 9.62 Å². The first-order valence-corrected chi connectivity index (χ1v) is 10.0. The minimum Gasteiger partial charge on any atom is -0.494 e. The van der Waals surface area contributed by atoms with Gasteiger partial charge < -0.3 is 9.84 Å². The Morgan fingerprint density at radius 3 is 2.38 bits per heavy atom. The van der Waals surface area contributed by atoms with Gasteiger partial charge in [-0.25, -0.2) is 13.1 Å². The van der Waals surface area contributed by atoms with Crippen molar-refractivity contribution < 1.29 is 18.3 Å². The van der Waals surface area contributed by atoms with Gasteiger partial charge in [-0.15, -0.1) is 0 Å². The van der Waals surface area contributed by atoms with Crippen molar-refractivity contribution in [2.45, 2.75) is 24.9 Å². The van der Waals surface area contributed by atoms with Crippen LogP contribution < -0.4 is 9.46 Å². The van der Waals surface area contributed by atoms with E-state index in [0.29, 0.717) is 26.2 Å². The van der Waals surface area contributed by atoms with E-state index in [0.717, 1.165) is 16.9 Å². The van der Waals surface area contributed by atoms with Crippen molar-refractivity contribution >= 4 is 10.0 Å². The fraction of sp³-hybridized carbons (Fsp3) is 0.368. The lowest BCUT2D eigenvalue weighted by molar-refractivity contribution is 0.184. The highest BCUT2D eigenvalue weighted by atomic mass is 32.2. The molecule has 2 rings (SSSR count). The smallest absolute Gasteiger partial charge is 0.240 e. The van der Waals surface area contributed by atoms with E-state index in [2.05, 4.69) is 9.62 Å². The van der Waals surface area contributed by atoms with Crippen LogP contribution in [0.15, 0.2) is 53.4 Å². The maximum Gasteiger partial charge on any atom is 0.240 e. The Kier molecular flexibility index (Phi) is 7.59. The first-order valence-electron chi connectivity index (χ1n) is 8.56. The zero-order chi connectivity index (χ0) is 19.0. The molecule has 2 aromatic carbocycles. The van der Waals surface area contributed by atoms with Crippen LogP contribution in [0.25, 0.3) is 0 Å². The van der Waals surface area contributed by atoms with Crippen LogP contribution in [0.4, 0.5) is 0 Å². The summed E-state index contributed by atoms with van der Waals surface area (Å²) in [6.07, 6.45) is 0. The van der Waals surface area contributed by atoms with Crippen LogP contribution in [-0.2, 0) is 23.1 Å². The van der Waals surface area contributed by atoms with Crippen molar-refractivity contribution in [3.63, 3.8) is 0 Å². The Balaban J connectivity index is 2.09. The number of aliphatic hydroxyl groups is 1. The molecule has 0 atom stereocenters. The highest BCUT2D eigenvalue weighted by Crippen LogP contribution is 2.17. The van der Waals surface area contributed by atoms with Crippen molar-refractivity contribution in [2.24, 2.45) is 0 Å². The number of aliphatic hydroxyl groups excluding tert-OH is 1. The van der Waals surface area contributed by atoms with E-state index < -0.39 is 10.0 Å². The first-order chi connectivity index (χ1) is 12.5. The third-order valence-electron chi connectivity index (χ3n) is 3.94. The van der Waals surface area contributed by atoms with Gasteiger partial charge in [0, 0.05) is 19.6 Å². The largest absolute Gasteiger partial charge is 0.494 e. The minimum absolute atomic E-state index is 0.0529. The lowest BCUT2D eigenvalue weighted by Gasteiger charge is -2.22. The lowest BCUT2D eigenvalue weighted by Crippen LogP contribution is -2.26. The summed E-state index contributed by atoms with van der Waals surface area (Å²) in [5.74, 6) is 0.829. The maximum atomic E-state index is 11.8. The quantitative estimate of drug-likeness (QED) is 0.661. The summed E-state index contributed by atoms with van der Waals surface area (Å²) in [5, 5.41) is 9.36. The van der Waals surface area contributed by atoms with E-state index in [4.69, 9.17) is 4.74 Å². The molecule has 7 heteroatoms. The fourth-order valence-corrected chi connectivity index (χ4v) is 3.39. The zero-order valence-electron chi connectivity index (χ0n) is 15.2. The van der Waals surface area contributed by atoms with Crippen LogP contribution in [0.2, 0.25) is 0 Å². The second-order valence-corrected chi connectivity index (χ2v) is 7.75. The van der Waals surface area contributed by atoms with E-state index in [9.17, 15) is 13.5 Å². The predicted molar refractivity (Wildman–Crippen MR) is 101 cm³/mol. The fourth-order valence-electron chi connectivity index (χ4n) is 2.66. The van der Waals surface area contributed by atoms with E-state index in [1.165, 1.54) is 7.05 Å². The van der Waals surface area contributed by atoms with Crippen LogP contribution in [0.1, 0.15) is 18.1 Å². The van der Waals surface area contributed by atoms with E-state index >= 15 is 0 Å². The van der Waals surface area contributed by atoms with Crippen LogP contribution >= 0.6 is 0 Å². The number of benzene rings is 2. The molecule has 0 aliphatic rings. The summed E-state index contributed by atoms with van der Waals surface area (Å²) in [7, 11) is -2.04. The highest BCUT2D eigenvalue weighted by molar-refractivity contribution is 7.89. The van der Waals surface area contributed by atoms with Gasteiger partial charge in [0.25, 0.3) is 0 Å². The molecule has 0 heterocycles. The van der Waals surface area contributed by atoms with Crippen LogP contribution in [-0.4, -0.2) is 45.2 Å². The molecule has 0 amide bonds. The molecule has 0 aliphatic carbocycles. The average Bonchev–Trinajstić information content (AvgIpc) is 2.63. The number of nitrogens with one attached hydrogen (secondary N) is 1. The number of nitrogens with zero attached hydrogens (tertiary/aromatic N) is 1. The van der Waals surface area contributed by atoms with E-state index in [-0.39, 0.29) is 11.5 Å². The third-order valence-corrected chi connectivity index (χ3v) is 5.37. The van der Waals surface area contributed by atoms with Gasteiger partial charge in [0.15, 0.2) is 0 Å². The molecular weight excluding hydrogens is 352 g/mol. The molecule has 2 N–H and O–H groups in total. The van der Waals surface area contributed by atoms with E-state index in [1.54, 1.807) is 24.3 Å². The van der Waals surface area contributed by atoms with Gasteiger partial charge in [0.1, 0.15) is 5.75 Å². The normalized spacial score (nSPS) is 11.7. The molecule has 6 nitrogen and oxygen atoms in total. The van der Waals surface area contributed by atoms with Crippen molar-refractivity contribution in [3.05, 3.63) is 59.7 Å². The summed E-state index contributed by atoms with van der Waals surface area (Å²) < 4.78 is 31.4. The average molecular weight is 378 g/mol. The Morgan fingerprint density at radius 2 is 1.77 bits per heavy atom. The van der Waals surface area contributed by atoms with Crippen molar-refractivity contribution in [3.8, 4) is 5.75 Å². The van der Waals surface area contributed by atoms with E-state index in [1.807, 2.05) is 31.2 Å². The lowest BCUT2D eigenvalue weighted by atomic mass is 10.1. The van der Waals surface area contributed by atoms with Gasteiger partial charge in [0.05, 0.1) is 18.1 Å². The maximum absolute atomic E-state index is 11.8. The summed E-state index contributed by atoms with van der Waals surface area (Å²) in [6.45, 7) is 4.42. The van der Waals surface area contributed by atoms with Crippen molar-refractivity contribution in [1.29, 1.82) is 0 Å². The standard InChI is InChI=1S/C19H26N2O4S/c1-3-25-18-6-4-5-17(13-18)15-21(11-12-22)14-16-7-9-19(10-8-16)26(23,24)20-2/h4-10,13,20,22H,3,11-12,14-15H2,1-2H3. The number of rotatable bonds is 10. The van der Waals surface area contributed by atoms with Crippen molar-refractivity contribution in [2.75, 3.05) is 26.8 Å². The molecule has 142 valence electrons. The van der Waals surface area contributed by atoms with Gasteiger partial charge in [-0.05, 0) is 49.4 Å². The molecule has 2 aromatic rings. The van der Waals surface area contributed by atoms with Crippen LogP contribution in [0, 0.1) is 0 Å². The topological polar surface area (TPSA) is 78.9 Å². The molecule has 0 saturated carbocycles. The van der Waals surface area contributed by atoms with Crippen LogP contribution in [0.5, 0.6) is 5.75 Å². The second kappa shape index (κ2) is 9.68.